The quantitative estimate of drug-likeness (QED) is 0.657. The van der Waals surface area contributed by atoms with E-state index in [1.165, 1.54) is 16.7 Å². The molecule has 0 amide bonds. The lowest BCUT2D eigenvalue weighted by Gasteiger charge is -2.12. The van der Waals surface area contributed by atoms with E-state index < -0.39 is 0 Å². The Labute approximate surface area is 130 Å². The molecule has 1 unspecified atom stereocenters. The first-order valence-electron chi connectivity index (χ1n) is 6.97. The SMILES string of the molecule is COc1ccc(CC(Br)c2ccc(C(C)C)cc2)cc1. The van der Waals surface area contributed by atoms with Gasteiger partial charge in [0.15, 0.2) is 0 Å². The highest BCUT2D eigenvalue weighted by Gasteiger charge is 2.09. The molecule has 0 spiro atoms. The molecule has 2 aromatic rings. The minimum Gasteiger partial charge on any atom is -0.497 e. The Morgan fingerprint density at radius 3 is 1.95 bits per heavy atom. The molecule has 0 radical (unpaired) electrons. The third-order valence-electron chi connectivity index (χ3n) is 3.54. The summed E-state index contributed by atoms with van der Waals surface area (Å²) in [6, 6.07) is 17.2. The van der Waals surface area contributed by atoms with Gasteiger partial charge in [0.25, 0.3) is 0 Å². The van der Waals surface area contributed by atoms with Crippen LogP contribution in [0.25, 0.3) is 0 Å². The zero-order chi connectivity index (χ0) is 14.5. The van der Waals surface area contributed by atoms with E-state index >= 15 is 0 Å². The lowest BCUT2D eigenvalue weighted by atomic mass is 9.99. The summed E-state index contributed by atoms with van der Waals surface area (Å²) in [5, 5.41) is 0. The van der Waals surface area contributed by atoms with E-state index in [0.29, 0.717) is 10.7 Å². The van der Waals surface area contributed by atoms with Gasteiger partial charge in [-0.2, -0.15) is 0 Å². The molecule has 106 valence electrons. The van der Waals surface area contributed by atoms with E-state index in [4.69, 9.17) is 4.74 Å². The molecule has 0 bridgehead atoms. The average molecular weight is 333 g/mol. The van der Waals surface area contributed by atoms with Crippen LogP contribution in [0.1, 0.15) is 41.3 Å². The van der Waals surface area contributed by atoms with Gasteiger partial charge in [-0.15, -0.1) is 0 Å². The second-order valence-corrected chi connectivity index (χ2v) is 6.45. The lowest BCUT2D eigenvalue weighted by Crippen LogP contribution is -1.96. The van der Waals surface area contributed by atoms with Crippen molar-refractivity contribution in [2.24, 2.45) is 0 Å². The second-order valence-electron chi connectivity index (χ2n) is 5.34. The van der Waals surface area contributed by atoms with E-state index in [-0.39, 0.29) is 0 Å². The van der Waals surface area contributed by atoms with Crippen LogP contribution >= 0.6 is 15.9 Å². The molecular formula is C18H21BrO. The highest BCUT2D eigenvalue weighted by atomic mass is 79.9. The van der Waals surface area contributed by atoms with Crippen LogP contribution in [0.2, 0.25) is 0 Å². The molecule has 0 N–H and O–H groups in total. The Bertz CT molecular complexity index is 528. The minimum atomic E-state index is 0.345. The summed E-state index contributed by atoms with van der Waals surface area (Å²) in [7, 11) is 1.69. The minimum absolute atomic E-state index is 0.345. The summed E-state index contributed by atoms with van der Waals surface area (Å²) in [6.07, 6.45) is 0.977. The van der Waals surface area contributed by atoms with E-state index in [9.17, 15) is 0 Å². The van der Waals surface area contributed by atoms with E-state index in [1.54, 1.807) is 7.11 Å². The van der Waals surface area contributed by atoms with Crippen LogP contribution in [-0.4, -0.2) is 7.11 Å². The smallest absolute Gasteiger partial charge is 0.118 e. The van der Waals surface area contributed by atoms with Gasteiger partial charge in [0.1, 0.15) is 5.75 Å². The summed E-state index contributed by atoms with van der Waals surface area (Å²) in [4.78, 5) is 0.345. The molecule has 0 aliphatic carbocycles. The van der Waals surface area contributed by atoms with Crippen LogP contribution in [0.4, 0.5) is 0 Å². The molecule has 20 heavy (non-hydrogen) atoms. The number of alkyl halides is 1. The summed E-state index contributed by atoms with van der Waals surface area (Å²) in [6.45, 7) is 4.44. The average Bonchev–Trinajstić information content (AvgIpc) is 2.48. The Hall–Kier alpha value is -1.28. The number of hydrogen-bond donors (Lipinski definition) is 0. The summed E-state index contributed by atoms with van der Waals surface area (Å²) < 4.78 is 5.18. The fourth-order valence-corrected chi connectivity index (χ4v) is 2.86. The van der Waals surface area contributed by atoms with Crippen LogP contribution in [0, 0.1) is 0 Å². The van der Waals surface area contributed by atoms with Gasteiger partial charge < -0.3 is 4.74 Å². The molecular weight excluding hydrogens is 312 g/mol. The van der Waals surface area contributed by atoms with Crippen molar-refractivity contribution in [1.29, 1.82) is 0 Å². The van der Waals surface area contributed by atoms with Crippen LogP contribution in [0.3, 0.4) is 0 Å². The van der Waals surface area contributed by atoms with E-state index in [1.807, 2.05) is 12.1 Å². The molecule has 0 saturated heterocycles. The Morgan fingerprint density at radius 1 is 0.900 bits per heavy atom. The third kappa shape index (κ3) is 3.86. The second kappa shape index (κ2) is 6.94. The van der Waals surface area contributed by atoms with Crippen molar-refractivity contribution in [3.05, 3.63) is 65.2 Å². The summed E-state index contributed by atoms with van der Waals surface area (Å²) >= 11 is 3.79. The van der Waals surface area contributed by atoms with E-state index in [2.05, 4.69) is 66.2 Å². The van der Waals surface area contributed by atoms with Crippen molar-refractivity contribution in [3.8, 4) is 5.75 Å². The van der Waals surface area contributed by atoms with Gasteiger partial charge in [-0.25, -0.2) is 0 Å². The summed E-state index contributed by atoms with van der Waals surface area (Å²) in [5.41, 5.74) is 4.02. The number of halogens is 1. The molecule has 0 saturated carbocycles. The van der Waals surface area contributed by atoms with Crippen molar-refractivity contribution in [2.45, 2.75) is 31.0 Å². The zero-order valence-corrected chi connectivity index (χ0v) is 13.9. The molecule has 0 aromatic heterocycles. The number of ether oxygens (including phenoxy) is 1. The van der Waals surface area contributed by atoms with Crippen LogP contribution < -0.4 is 4.74 Å². The highest BCUT2D eigenvalue weighted by molar-refractivity contribution is 9.09. The highest BCUT2D eigenvalue weighted by Crippen LogP contribution is 2.28. The first kappa shape index (κ1) is 15.1. The molecule has 2 aromatic carbocycles. The first-order chi connectivity index (χ1) is 9.60. The maximum Gasteiger partial charge on any atom is 0.118 e. The zero-order valence-electron chi connectivity index (χ0n) is 12.3. The van der Waals surface area contributed by atoms with Crippen LogP contribution in [0.5, 0.6) is 5.75 Å². The predicted octanol–water partition coefficient (Wildman–Crippen LogP) is 5.50. The fourth-order valence-electron chi connectivity index (χ4n) is 2.18. The molecule has 0 heterocycles. The van der Waals surface area contributed by atoms with Crippen molar-refractivity contribution < 1.29 is 4.74 Å². The van der Waals surface area contributed by atoms with Crippen molar-refractivity contribution >= 4 is 15.9 Å². The Kier molecular flexibility index (Phi) is 5.24. The van der Waals surface area contributed by atoms with Gasteiger partial charge in [-0.05, 0) is 41.2 Å². The number of rotatable bonds is 5. The van der Waals surface area contributed by atoms with Gasteiger partial charge in [0.05, 0.1) is 7.11 Å². The van der Waals surface area contributed by atoms with Crippen LogP contribution in [0.15, 0.2) is 48.5 Å². The van der Waals surface area contributed by atoms with Crippen LogP contribution in [-0.2, 0) is 6.42 Å². The molecule has 0 aliphatic rings. The molecule has 2 heteroatoms. The van der Waals surface area contributed by atoms with Gasteiger partial charge >= 0.3 is 0 Å². The molecule has 0 fully saturated rings. The molecule has 1 nitrogen and oxygen atoms in total. The fraction of sp³-hybridized carbons (Fsp3) is 0.333. The third-order valence-corrected chi connectivity index (χ3v) is 4.39. The number of hydrogen-bond acceptors (Lipinski definition) is 1. The van der Waals surface area contributed by atoms with Crippen molar-refractivity contribution in [2.75, 3.05) is 7.11 Å². The monoisotopic (exact) mass is 332 g/mol. The van der Waals surface area contributed by atoms with Gasteiger partial charge in [0.2, 0.25) is 0 Å². The Balaban J connectivity index is 2.04. The van der Waals surface area contributed by atoms with Gasteiger partial charge in [-0.3, -0.25) is 0 Å². The van der Waals surface area contributed by atoms with Crippen molar-refractivity contribution in [1.82, 2.24) is 0 Å². The Morgan fingerprint density at radius 2 is 1.45 bits per heavy atom. The summed E-state index contributed by atoms with van der Waals surface area (Å²) in [5.74, 6) is 1.49. The largest absolute Gasteiger partial charge is 0.497 e. The predicted molar refractivity (Wildman–Crippen MR) is 88.9 cm³/mol. The maximum absolute atomic E-state index is 5.18. The lowest BCUT2D eigenvalue weighted by molar-refractivity contribution is 0.414. The number of benzene rings is 2. The molecule has 0 aliphatic heterocycles. The first-order valence-corrected chi connectivity index (χ1v) is 7.88. The number of methoxy groups -OCH3 is 1. The van der Waals surface area contributed by atoms with E-state index in [0.717, 1.165) is 12.2 Å². The standard InChI is InChI=1S/C18H21BrO/c1-13(2)15-6-8-16(9-7-15)18(19)12-14-4-10-17(20-3)11-5-14/h4-11,13,18H,12H2,1-3H3. The topological polar surface area (TPSA) is 9.23 Å². The molecule has 2 rings (SSSR count). The molecule has 1 atom stereocenters. The normalized spacial score (nSPS) is 12.4. The van der Waals surface area contributed by atoms with Crippen molar-refractivity contribution in [3.63, 3.8) is 0 Å². The maximum atomic E-state index is 5.18. The van der Waals surface area contributed by atoms with Gasteiger partial charge in [-0.1, -0.05) is 66.2 Å². The van der Waals surface area contributed by atoms with Gasteiger partial charge in [0, 0.05) is 4.83 Å².